The Morgan fingerprint density at radius 3 is 2.26 bits per heavy atom. The van der Waals surface area contributed by atoms with E-state index in [1.165, 1.54) is 17.5 Å². The number of hydrogen-bond acceptors (Lipinski definition) is 6. The number of halogens is 6. The first-order valence-corrected chi connectivity index (χ1v) is 13.4. The smallest absolute Gasteiger partial charge is 0.416 e. The number of thiocarbonyl (C=S) groups is 1. The summed E-state index contributed by atoms with van der Waals surface area (Å²) in [7, 11) is 0. The lowest BCUT2D eigenvalue weighted by atomic mass is 10.0. The minimum absolute atomic E-state index is 0.0511. The van der Waals surface area contributed by atoms with Crippen LogP contribution in [-0.2, 0) is 26.7 Å². The largest absolute Gasteiger partial charge is 0.481 e. The van der Waals surface area contributed by atoms with E-state index >= 15 is 0 Å². The van der Waals surface area contributed by atoms with E-state index in [9.17, 15) is 40.7 Å². The predicted molar refractivity (Wildman–Crippen MR) is 137 cm³/mol. The zero-order chi connectivity index (χ0) is 28.7. The third kappa shape index (κ3) is 6.81. The average molecular weight is 609 g/mol. The summed E-state index contributed by atoms with van der Waals surface area (Å²) in [6.45, 7) is -0.379. The summed E-state index contributed by atoms with van der Waals surface area (Å²) in [5.41, 5.74) is -3.05. The van der Waals surface area contributed by atoms with Crippen molar-refractivity contribution in [1.29, 1.82) is 0 Å². The quantitative estimate of drug-likeness (QED) is 0.237. The average Bonchev–Trinajstić information content (AvgIpc) is 3.55. The van der Waals surface area contributed by atoms with Gasteiger partial charge in [0.05, 0.1) is 21.9 Å². The predicted octanol–water partition coefficient (Wildman–Crippen LogP) is 6.02. The first kappa shape index (κ1) is 29.1. The molecule has 1 aromatic carbocycles. The molecule has 1 aliphatic carbocycles. The van der Waals surface area contributed by atoms with Gasteiger partial charge in [0.2, 0.25) is 5.91 Å². The fourth-order valence-corrected chi connectivity index (χ4v) is 6.39. The minimum atomic E-state index is -4.98. The van der Waals surface area contributed by atoms with Crippen LogP contribution in [0.4, 0.5) is 26.3 Å². The summed E-state index contributed by atoms with van der Waals surface area (Å²) in [6, 6.07) is 2.34. The van der Waals surface area contributed by atoms with Crippen LogP contribution in [0.25, 0.3) is 17.2 Å². The lowest BCUT2D eigenvalue weighted by molar-refractivity contribution is -0.143. The molecule has 4 rings (SSSR count). The van der Waals surface area contributed by atoms with Gasteiger partial charge in [-0.15, -0.1) is 11.3 Å². The molecule has 39 heavy (non-hydrogen) atoms. The number of rotatable bonds is 6. The van der Waals surface area contributed by atoms with Gasteiger partial charge in [0, 0.05) is 10.9 Å². The molecule has 6 nitrogen and oxygen atoms in total. The van der Waals surface area contributed by atoms with Crippen LogP contribution in [0.5, 0.6) is 0 Å². The van der Waals surface area contributed by atoms with Crippen LogP contribution in [0.3, 0.4) is 0 Å². The van der Waals surface area contributed by atoms with Crippen molar-refractivity contribution in [2.24, 2.45) is 5.92 Å². The van der Waals surface area contributed by atoms with Gasteiger partial charge in [0.1, 0.15) is 10.9 Å². The van der Waals surface area contributed by atoms with Crippen LogP contribution < -0.4 is 5.32 Å². The van der Waals surface area contributed by atoms with E-state index in [2.05, 4.69) is 5.32 Å². The van der Waals surface area contributed by atoms with Gasteiger partial charge >= 0.3 is 18.3 Å². The van der Waals surface area contributed by atoms with Gasteiger partial charge in [-0.25, -0.2) is 0 Å². The van der Waals surface area contributed by atoms with Crippen LogP contribution in [0.15, 0.2) is 34.6 Å². The molecular weight excluding hydrogens is 590 g/mol. The highest BCUT2D eigenvalue weighted by molar-refractivity contribution is 8.26. The molecule has 1 aromatic heterocycles. The third-order valence-corrected chi connectivity index (χ3v) is 8.39. The highest BCUT2D eigenvalue weighted by Crippen LogP contribution is 2.40. The van der Waals surface area contributed by atoms with Gasteiger partial charge in [0.25, 0.3) is 5.91 Å². The van der Waals surface area contributed by atoms with Crippen molar-refractivity contribution in [3.8, 4) is 11.1 Å². The van der Waals surface area contributed by atoms with Gasteiger partial charge in [-0.2, -0.15) is 26.3 Å². The highest BCUT2D eigenvalue weighted by atomic mass is 32.2. The highest BCUT2D eigenvalue weighted by Gasteiger charge is 2.38. The molecular formula is C24H18F6N2O4S3. The van der Waals surface area contributed by atoms with E-state index in [-0.39, 0.29) is 45.4 Å². The van der Waals surface area contributed by atoms with E-state index in [0.717, 1.165) is 28.0 Å². The molecule has 2 aromatic rings. The standard InChI is InChI=1S/C24H18F6N2O4S3/c25-23(26,27)14-3-12(4-15(7-14)24(28,29)30)13-6-17(38-10-13)8-18-20(34)32(22(37)39-18)9-19(33)31-16-2-1-11(5-16)21(35)36/h3-4,6-8,10-11,16H,1-2,5,9H2,(H,31,33)(H,35,36)/b18-8-/t11-,16+/m0/s1. The third-order valence-electron chi connectivity index (χ3n) is 6.14. The van der Waals surface area contributed by atoms with Gasteiger partial charge < -0.3 is 10.4 Å². The van der Waals surface area contributed by atoms with Crippen LogP contribution in [-0.4, -0.2) is 44.7 Å². The van der Waals surface area contributed by atoms with E-state index in [1.807, 2.05) is 0 Å². The molecule has 2 N–H and O–H groups in total. The van der Waals surface area contributed by atoms with Crippen LogP contribution in [0.1, 0.15) is 35.3 Å². The first-order valence-electron chi connectivity index (χ1n) is 11.3. The number of hydrogen-bond donors (Lipinski definition) is 2. The van der Waals surface area contributed by atoms with E-state index < -0.39 is 47.2 Å². The summed E-state index contributed by atoms with van der Waals surface area (Å²) in [6.07, 6.45) is -7.34. The monoisotopic (exact) mass is 608 g/mol. The molecule has 208 valence electrons. The maximum atomic E-state index is 13.2. The number of alkyl halides is 6. The molecule has 2 atom stereocenters. The maximum absolute atomic E-state index is 13.2. The fourth-order valence-electron chi connectivity index (χ4n) is 4.22. The van der Waals surface area contributed by atoms with Gasteiger partial charge in [-0.1, -0.05) is 24.0 Å². The molecule has 2 amide bonds. The molecule has 15 heteroatoms. The number of thiophene rings is 1. The van der Waals surface area contributed by atoms with Crippen molar-refractivity contribution in [2.75, 3.05) is 6.54 Å². The molecule has 0 bridgehead atoms. The van der Waals surface area contributed by atoms with Crippen molar-refractivity contribution in [2.45, 2.75) is 37.7 Å². The minimum Gasteiger partial charge on any atom is -0.481 e. The summed E-state index contributed by atoms with van der Waals surface area (Å²) < 4.78 is 79.4. The Labute approximate surface area is 231 Å². The summed E-state index contributed by atoms with van der Waals surface area (Å²) in [4.78, 5) is 38.0. The van der Waals surface area contributed by atoms with Gasteiger partial charge in [0.15, 0.2) is 0 Å². The Morgan fingerprint density at radius 2 is 1.69 bits per heavy atom. The Morgan fingerprint density at radius 1 is 1.05 bits per heavy atom. The second kappa shape index (κ2) is 10.9. The van der Waals surface area contributed by atoms with Crippen molar-refractivity contribution in [3.63, 3.8) is 0 Å². The van der Waals surface area contributed by atoms with Crippen molar-refractivity contribution < 1.29 is 45.8 Å². The number of nitrogens with zero attached hydrogens (tertiary/aromatic N) is 1. The first-order chi connectivity index (χ1) is 18.1. The van der Waals surface area contributed by atoms with E-state index in [4.69, 9.17) is 17.3 Å². The number of aliphatic carboxylic acids is 1. The Balaban J connectivity index is 1.48. The van der Waals surface area contributed by atoms with E-state index in [0.29, 0.717) is 29.9 Å². The molecule has 0 spiro atoms. The molecule has 2 heterocycles. The molecule has 1 saturated carbocycles. The van der Waals surface area contributed by atoms with Gasteiger partial charge in [-0.05, 0) is 66.1 Å². The number of carbonyl (C=O) groups excluding carboxylic acids is 2. The fraction of sp³-hybridized carbons (Fsp3) is 0.333. The zero-order valence-electron chi connectivity index (χ0n) is 19.6. The van der Waals surface area contributed by atoms with Crippen molar-refractivity contribution in [1.82, 2.24) is 10.2 Å². The zero-order valence-corrected chi connectivity index (χ0v) is 22.0. The van der Waals surface area contributed by atoms with Crippen LogP contribution in [0.2, 0.25) is 0 Å². The number of carboxylic acid groups (broad SMARTS) is 1. The Bertz CT molecular complexity index is 1340. The Kier molecular flexibility index (Phi) is 8.15. The molecule has 0 unspecified atom stereocenters. The number of benzene rings is 1. The molecule has 0 radical (unpaired) electrons. The summed E-state index contributed by atoms with van der Waals surface area (Å²) in [5.74, 6) is -2.56. The Hall–Kier alpha value is -2.91. The second-order valence-electron chi connectivity index (χ2n) is 8.91. The van der Waals surface area contributed by atoms with E-state index in [1.54, 1.807) is 0 Å². The van der Waals surface area contributed by atoms with Gasteiger partial charge in [-0.3, -0.25) is 19.3 Å². The number of thioether (sulfide) groups is 1. The SMILES string of the molecule is O=C(CN1C(=O)/C(=C/c2cc(-c3cc(C(F)(F)F)cc(C(F)(F)F)c3)cs2)SC1=S)N[C@@H]1CC[C@H](C(=O)O)C1. The number of amides is 2. The molecule has 1 aliphatic heterocycles. The maximum Gasteiger partial charge on any atom is 0.416 e. The topological polar surface area (TPSA) is 86.7 Å². The lowest BCUT2D eigenvalue weighted by Crippen LogP contribution is -2.42. The number of nitrogens with one attached hydrogen (secondary N) is 1. The normalized spacial score (nSPS) is 21.2. The van der Waals surface area contributed by atoms with Crippen LogP contribution >= 0.6 is 35.3 Å². The lowest BCUT2D eigenvalue weighted by Gasteiger charge is -2.17. The molecule has 1 saturated heterocycles. The van der Waals surface area contributed by atoms with Crippen molar-refractivity contribution >= 4 is 63.5 Å². The second-order valence-corrected chi connectivity index (χ2v) is 11.5. The summed E-state index contributed by atoms with van der Waals surface area (Å²) in [5, 5.41) is 13.2. The number of carboxylic acids is 1. The van der Waals surface area contributed by atoms with Crippen LogP contribution in [0, 0.1) is 5.92 Å². The molecule has 2 fully saturated rings. The number of carbonyl (C=O) groups is 3. The molecule has 2 aliphatic rings. The van der Waals surface area contributed by atoms with Crippen molar-refractivity contribution in [3.05, 3.63) is 50.6 Å². The summed E-state index contributed by atoms with van der Waals surface area (Å²) >= 11 is 7.11.